The first-order valence-corrected chi connectivity index (χ1v) is 5.03. The summed E-state index contributed by atoms with van der Waals surface area (Å²) in [6.45, 7) is 3.39. The van der Waals surface area contributed by atoms with E-state index in [1.54, 1.807) is 13.8 Å². The highest BCUT2D eigenvalue weighted by Gasteiger charge is 2.25. The highest BCUT2D eigenvalue weighted by Crippen LogP contribution is 2.06. The molecule has 0 spiro atoms. The van der Waals surface area contributed by atoms with Crippen LogP contribution in [0.4, 0.5) is 5.82 Å². The Bertz CT molecular complexity index is 433. The number of hydrogen-bond donors (Lipinski definition) is 3. The second kappa shape index (κ2) is 5.24. The fraction of sp³-hybridized carbons (Fsp3) is 0.400. The van der Waals surface area contributed by atoms with Crippen molar-refractivity contribution in [3.05, 3.63) is 18.1 Å². The number of aromatic nitrogens is 2. The number of nitrogen functional groups attached to an aromatic ring is 1. The third-order valence-corrected chi connectivity index (χ3v) is 2.16. The minimum absolute atomic E-state index is 0.0297. The van der Waals surface area contributed by atoms with Gasteiger partial charge in [0.05, 0.1) is 0 Å². The lowest BCUT2D eigenvalue weighted by molar-refractivity contribution is -0.140. The van der Waals surface area contributed by atoms with Crippen LogP contribution in [0.3, 0.4) is 0 Å². The van der Waals surface area contributed by atoms with Gasteiger partial charge in [0.2, 0.25) is 0 Å². The third-order valence-electron chi connectivity index (χ3n) is 2.16. The average molecular weight is 238 g/mol. The molecule has 92 valence electrons. The highest BCUT2D eigenvalue weighted by atomic mass is 16.4. The number of nitrogens with two attached hydrogens (primary N) is 1. The molecule has 0 bridgehead atoms. The average Bonchev–Trinajstić information content (AvgIpc) is 2.25. The zero-order chi connectivity index (χ0) is 13.0. The molecule has 1 rings (SSSR count). The Kier molecular flexibility index (Phi) is 3.97. The monoisotopic (exact) mass is 238 g/mol. The lowest BCUT2D eigenvalue weighted by atomic mass is 10.0. The van der Waals surface area contributed by atoms with E-state index in [0.29, 0.717) is 0 Å². The van der Waals surface area contributed by atoms with Crippen molar-refractivity contribution in [2.45, 2.75) is 19.9 Å². The molecule has 0 saturated carbocycles. The van der Waals surface area contributed by atoms with E-state index in [9.17, 15) is 9.59 Å². The van der Waals surface area contributed by atoms with E-state index in [1.807, 2.05) is 0 Å². The Balaban J connectivity index is 2.85. The van der Waals surface area contributed by atoms with Crippen LogP contribution in [-0.2, 0) is 4.79 Å². The fourth-order valence-corrected chi connectivity index (χ4v) is 1.25. The van der Waals surface area contributed by atoms with Crippen molar-refractivity contribution >= 4 is 17.7 Å². The maximum atomic E-state index is 11.7. The Morgan fingerprint density at radius 3 is 2.41 bits per heavy atom. The number of carboxylic acids is 1. The van der Waals surface area contributed by atoms with Crippen LogP contribution >= 0.6 is 0 Å². The molecule has 0 unspecified atom stereocenters. The van der Waals surface area contributed by atoms with Crippen LogP contribution in [-0.4, -0.2) is 33.0 Å². The van der Waals surface area contributed by atoms with Crippen LogP contribution in [0.5, 0.6) is 0 Å². The van der Waals surface area contributed by atoms with Gasteiger partial charge < -0.3 is 16.2 Å². The molecule has 0 aliphatic rings. The first-order chi connectivity index (χ1) is 7.93. The summed E-state index contributed by atoms with van der Waals surface area (Å²) >= 11 is 0. The van der Waals surface area contributed by atoms with Crippen LogP contribution in [0.15, 0.2) is 12.4 Å². The van der Waals surface area contributed by atoms with E-state index < -0.39 is 17.9 Å². The smallest absolute Gasteiger partial charge is 0.326 e. The summed E-state index contributed by atoms with van der Waals surface area (Å²) in [6.07, 6.45) is 2.67. The molecule has 0 radical (unpaired) electrons. The van der Waals surface area contributed by atoms with Gasteiger partial charge >= 0.3 is 5.97 Å². The van der Waals surface area contributed by atoms with Crippen LogP contribution in [0.1, 0.15) is 24.3 Å². The summed E-state index contributed by atoms with van der Waals surface area (Å²) < 4.78 is 0. The Morgan fingerprint density at radius 1 is 1.35 bits per heavy atom. The minimum atomic E-state index is -1.10. The molecule has 1 heterocycles. The van der Waals surface area contributed by atoms with Crippen molar-refractivity contribution in [2.24, 2.45) is 5.92 Å². The van der Waals surface area contributed by atoms with Crippen molar-refractivity contribution in [3.63, 3.8) is 0 Å². The fourth-order valence-electron chi connectivity index (χ4n) is 1.25. The number of anilines is 1. The van der Waals surface area contributed by atoms with Crippen molar-refractivity contribution in [1.82, 2.24) is 15.3 Å². The molecule has 7 heteroatoms. The first-order valence-electron chi connectivity index (χ1n) is 5.03. The minimum Gasteiger partial charge on any atom is -0.480 e. The second-order valence-electron chi connectivity index (χ2n) is 3.82. The van der Waals surface area contributed by atoms with Crippen LogP contribution in [0.25, 0.3) is 0 Å². The standard InChI is InChI=1S/C10H14N4O3/c1-5(2)6(10(16)17)14-9(15)7-8(11)13-4-3-12-7/h3-6H,1-2H3,(H2,11,13)(H,14,15)(H,16,17)/t6-/m1/s1. The van der Waals surface area contributed by atoms with E-state index in [4.69, 9.17) is 10.8 Å². The van der Waals surface area contributed by atoms with E-state index in [0.717, 1.165) is 0 Å². The number of carbonyl (C=O) groups excluding carboxylic acids is 1. The van der Waals surface area contributed by atoms with Crippen LogP contribution < -0.4 is 11.1 Å². The largest absolute Gasteiger partial charge is 0.480 e. The Morgan fingerprint density at radius 2 is 1.94 bits per heavy atom. The molecule has 4 N–H and O–H groups in total. The molecule has 0 fully saturated rings. The van der Waals surface area contributed by atoms with E-state index in [1.165, 1.54) is 12.4 Å². The van der Waals surface area contributed by atoms with Crippen molar-refractivity contribution in [1.29, 1.82) is 0 Å². The van der Waals surface area contributed by atoms with E-state index >= 15 is 0 Å². The van der Waals surface area contributed by atoms with Gasteiger partial charge in [-0.3, -0.25) is 4.79 Å². The van der Waals surface area contributed by atoms with Gasteiger partial charge in [0.25, 0.3) is 5.91 Å². The molecule has 1 amide bonds. The summed E-state index contributed by atoms with van der Waals surface area (Å²) in [7, 11) is 0. The summed E-state index contributed by atoms with van der Waals surface area (Å²) in [6, 6.07) is -0.982. The number of carboxylic acid groups (broad SMARTS) is 1. The topological polar surface area (TPSA) is 118 Å². The molecule has 0 aliphatic carbocycles. The Hall–Kier alpha value is -2.18. The van der Waals surface area contributed by atoms with Crippen molar-refractivity contribution < 1.29 is 14.7 Å². The van der Waals surface area contributed by atoms with Crippen molar-refractivity contribution in [2.75, 3.05) is 5.73 Å². The summed E-state index contributed by atoms with van der Waals surface area (Å²) in [5.41, 5.74) is 5.40. The molecule has 1 aromatic heterocycles. The van der Waals surface area contributed by atoms with Gasteiger partial charge in [0.15, 0.2) is 11.5 Å². The summed E-state index contributed by atoms with van der Waals surface area (Å²) in [5, 5.41) is 11.3. The molecular weight excluding hydrogens is 224 g/mol. The summed E-state index contributed by atoms with van der Waals surface area (Å²) in [5.74, 6) is -2.01. The van der Waals surface area contributed by atoms with Gasteiger partial charge in [-0.15, -0.1) is 0 Å². The van der Waals surface area contributed by atoms with Gasteiger partial charge in [0.1, 0.15) is 6.04 Å². The molecule has 7 nitrogen and oxygen atoms in total. The van der Waals surface area contributed by atoms with Crippen LogP contribution in [0.2, 0.25) is 0 Å². The number of nitrogens with one attached hydrogen (secondary N) is 1. The predicted molar refractivity (Wildman–Crippen MR) is 60.2 cm³/mol. The molecular formula is C10H14N4O3. The predicted octanol–water partition coefficient (Wildman–Crippen LogP) is -0.102. The second-order valence-corrected chi connectivity index (χ2v) is 3.82. The van der Waals surface area contributed by atoms with E-state index in [-0.39, 0.29) is 17.4 Å². The van der Waals surface area contributed by atoms with Gasteiger partial charge in [-0.1, -0.05) is 13.8 Å². The van der Waals surface area contributed by atoms with Gasteiger partial charge in [-0.05, 0) is 5.92 Å². The Labute approximate surface area is 98.1 Å². The number of hydrogen-bond acceptors (Lipinski definition) is 5. The molecule has 1 atom stereocenters. The molecule has 0 aliphatic heterocycles. The molecule has 0 aromatic carbocycles. The third kappa shape index (κ3) is 3.13. The quantitative estimate of drug-likeness (QED) is 0.674. The number of carbonyl (C=O) groups is 2. The number of aliphatic carboxylic acids is 1. The zero-order valence-corrected chi connectivity index (χ0v) is 9.54. The molecule has 17 heavy (non-hydrogen) atoms. The summed E-state index contributed by atoms with van der Waals surface area (Å²) in [4.78, 5) is 30.1. The van der Waals surface area contributed by atoms with Gasteiger partial charge in [-0.25, -0.2) is 14.8 Å². The zero-order valence-electron chi connectivity index (χ0n) is 9.54. The van der Waals surface area contributed by atoms with E-state index in [2.05, 4.69) is 15.3 Å². The van der Waals surface area contributed by atoms with Crippen LogP contribution in [0, 0.1) is 5.92 Å². The number of rotatable bonds is 4. The SMILES string of the molecule is CC(C)[C@@H](NC(=O)c1nccnc1N)C(=O)O. The lowest BCUT2D eigenvalue weighted by Crippen LogP contribution is -2.44. The highest BCUT2D eigenvalue weighted by molar-refractivity contribution is 5.98. The molecule has 0 saturated heterocycles. The maximum Gasteiger partial charge on any atom is 0.326 e. The maximum absolute atomic E-state index is 11.7. The normalized spacial score (nSPS) is 12.2. The number of amides is 1. The van der Waals surface area contributed by atoms with Crippen molar-refractivity contribution in [3.8, 4) is 0 Å². The molecule has 1 aromatic rings. The lowest BCUT2D eigenvalue weighted by Gasteiger charge is -2.17. The number of nitrogens with zero attached hydrogens (tertiary/aromatic N) is 2. The van der Waals surface area contributed by atoms with Gasteiger partial charge in [-0.2, -0.15) is 0 Å². The van der Waals surface area contributed by atoms with Gasteiger partial charge in [0, 0.05) is 12.4 Å². The first kappa shape index (κ1) is 12.9.